The van der Waals surface area contributed by atoms with Crippen LogP contribution in [0.5, 0.6) is 5.75 Å². The van der Waals surface area contributed by atoms with Gasteiger partial charge >= 0.3 is 0 Å². The first kappa shape index (κ1) is 66.9. The third-order valence-corrected chi connectivity index (χ3v) is 15.2. The van der Waals surface area contributed by atoms with Crippen LogP contribution in [0.25, 0.3) is 0 Å². The number of nitrogens with two attached hydrogens (primary N) is 2. The molecular weight excluding hydrogens is 1050 g/mol. The predicted octanol–water partition coefficient (Wildman–Crippen LogP) is -4.57. The van der Waals surface area contributed by atoms with E-state index < -0.39 is 177 Å². The molecule has 8 amide bonds. The summed E-state index contributed by atoms with van der Waals surface area (Å²) < 4.78 is 0. The minimum atomic E-state index is -2.34. The number of fused-ring (bicyclic) bond motifs is 3. The molecule has 1 aromatic carbocycles. The Bertz CT molecular complexity index is 2210. The molecule has 452 valence electrons. The number of phenolic OH excluding ortho intramolecular Hbond substituents is 1. The van der Waals surface area contributed by atoms with E-state index in [-0.39, 0.29) is 30.8 Å². The number of carbonyl (C=O) groups excluding carboxylic acids is 8. The monoisotopic (exact) mass is 1140 g/mol. The summed E-state index contributed by atoms with van der Waals surface area (Å²) in [6.07, 6.45) is -8.83. The summed E-state index contributed by atoms with van der Waals surface area (Å²) in [6.45, 7) is 5.34. The van der Waals surface area contributed by atoms with E-state index in [0.717, 1.165) is 67.4 Å². The lowest BCUT2D eigenvalue weighted by atomic mass is 9.91. The van der Waals surface area contributed by atoms with Crippen molar-refractivity contribution in [2.24, 2.45) is 29.2 Å². The number of phenols is 1. The van der Waals surface area contributed by atoms with Crippen LogP contribution in [0.15, 0.2) is 24.3 Å². The van der Waals surface area contributed by atoms with Gasteiger partial charge in [0, 0.05) is 52.0 Å². The lowest BCUT2D eigenvalue weighted by Crippen LogP contribution is -2.64. The van der Waals surface area contributed by atoms with Crippen LogP contribution < -0.4 is 43.4 Å². The van der Waals surface area contributed by atoms with E-state index in [0.29, 0.717) is 24.7 Å². The number of hydrogen-bond acceptors (Lipinski definition) is 19. The molecule has 0 aromatic heterocycles. The van der Waals surface area contributed by atoms with Crippen LogP contribution in [0.2, 0.25) is 0 Å². The minimum Gasteiger partial charge on any atom is -0.508 e. The molecule has 0 spiro atoms. The standard InChI is InChI=1S/C53H88N10O17/c1-5-27(2)20-28(3)12-10-8-6-7-9-11-13-40(70)57-35-22-38(68)50(77)61-46(73)33-25-62(26-39(33)69)52(79)42(37(67)18-19-56-47(74)34(55)23-54)59-51(78)43(45(72)44(71)30-14-16-31(65)17-15-30)60-49(76)36-21-32(66)24-63(36)53(80)41(29(4)64)58-48(35)75/h14-17,27-29,32-39,41-45,50,64-69,71-72,77H,5-13,18-26,54-55H2,1-4H3,(H,56,74)(H,57,70)(H,58,75)(H,59,78)(H,60,76)(H,61,73)/t27?,28?,29-,32-,33?,34+,35?,36?,37-,38-,39+,41+,42+,43+,44+,45+,50-/m1/s1. The number of hydrogen-bond donors (Lipinski definition) is 17. The Labute approximate surface area is 466 Å². The SMILES string of the molecule is CCC(C)CC(C)CCCCCCCCC(=O)NC1C[C@@H](O)[C@@H](O)NC(=O)C2CN(C[C@@H]2O)C(=O)[C@H]([C@H](O)CCNC(=O)[C@@H](N)CN)NC(=O)[C@H]([C@H](O)[C@@H](O)c2ccc(O)cc2)NC(=O)C2C[C@@H](O)CN2C(=O)[C@H]([C@@H](C)O)NC1=O. The third-order valence-electron chi connectivity index (χ3n) is 15.2. The first-order valence-electron chi connectivity index (χ1n) is 27.8. The lowest BCUT2D eigenvalue weighted by molar-refractivity contribution is -0.146. The van der Waals surface area contributed by atoms with Gasteiger partial charge in [-0.05, 0) is 55.7 Å². The highest BCUT2D eigenvalue weighted by molar-refractivity contribution is 5.97. The average Bonchev–Trinajstić information content (AvgIpc) is 4.03. The van der Waals surface area contributed by atoms with Crippen LogP contribution in [0.3, 0.4) is 0 Å². The molecule has 27 heteroatoms. The van der Waals surface area contributed by atoms with Gasteiger partial charge in [-0.1, -0.05) is 77.8 Å². The zero-order valence-corrected chi connectivity index (χ0v) is 46.2. The number of aliphatic hydroxyl groups excluding tert-OH is 8. The van der Waals surface area contributed by atoms with Gasteiger partial charge in [-0.3, -0.25) is 38.4 Å². The summed E-state index contributed by atoms with van der Waals surface area (Å²) in [6, 6.07) is -6.29. The summed E-state index contributed by atoms with van der Waals surface area (Å²) in [7, 11) is 0. The normalized spacial score (nSPS) is 28.3. The molecule has 3 fully saturated rings. The molecule has 3 heterocycles. The van der Waals surface area contributed by atoms with Crippen molar-refractivity contribution in [3.63, 3.8) is 0 Å². The van der Waals surface area contributed by atoms with Crippen molar-refractivity contribution < 1.29 is 84.3 Å². The Balaban J connectivity index is 1.69. The van der Waals surface area contributed by atoms with E-state index >= 15 is 0 Å². The Hall–Kier alpha value is -5.62. The summed E-state index contributed by atoms with van der Waals surface area (Å²) in [5.41, 5.74) is 11.1. The number of carbonyl (C=O) groups is 8. The van der Waals surface area contributed by atoms with Crippen LogP contribution in [-0.2, 0) is 38.4 Å². The Kier molecular flexibility index (Phi) is 26.9. The summed E-state index contributed by atoms with van der Waals surface area (Å²) in [4.78, 5) is 113. The van der Waals surface area contributed by atoms with Crippen LogP contribution in [0.4, 0.5) is 0 Å². The predicted molar refractivity (Wildman–Crippen MR) is 286 cm³/mol. The molecular formula is C53H88N10O17. The smallest absolute Gasteiger partial charge is 0.248 e. The van der Waals surface area contributed by atoms with Crippen molar-refractivity contribution in [3.05, 3.63) is 29.8 Å². The molecule has 5 unspecified atom stereocenters. The van der Waals surface area contributed by atoms with Crippen LogP contribution >= 0.6 is 0 Å². The molecule has 17 atom stereocenters. The largest absolute Gasteiger partial charge is 0.508 e. The molecule has 19 N–H and O–H groups in total. The zero-order valence-electron chi connectivity index (χ0n) is 46.2. The van der Waals surface area contributed by atoms with Gasteiger partial charge in [0.2, 0.25) is 47.3 Å². The average molecular weight is 1140 g/mol. The number of nitrogens with zero attached hydrogens (tertiary/aromatic N) is 2. The fourth-order valence-corrected chi connectivity index (χ4v) is 10.1. The van der Waals surface area contributed by atoms with E-state index in [2.05, 4.69) is 52.7 Å². The van der Waals surface area contributed by atoms with Gasteiger partial charge in [-0.25, -0.2) is 0 Å². The number of aliphatic hydroxyl groups is 8. The van der Waals surface area contributed by atoms with Crippen molar-refractivity contribution in [3.8, 4) is 5.75 Å². The molecule has 3 saturated heterocycles. The Morgan fingerprint density at radius 3 is 1.98 bits per heavy atom. The first-order chi connectivity index (χ1) is 37.8. The quantitative estimate of drug-likeness (QED) is 0.0459. The molecule has 80 heavy (non-hydrogen) atoms. The number of amides is 8. The topological polar surface area (TPSA) is 449 Å². The van der Waals surface area contributed by atoms with Crippen LogP contribution in [-0.4, -0.2) is 215 Å². The van der Waals surface area contributed by atoms with Gasteiger partial charge in [0.1, 0.15) is 54.3 Å². The van der Waals surface area contributed by atoms with E-state index in [4.69, 9.17) is 11.5 Å². The summed E-state index contributed by atoms with van der Waals surface area (Å²) >= 11 is 0. The molecule has 0 aliphatic carbocycles. The van der Waals surface area contributed by atoms with E-state index in [9.17, 15) is 84.3 Å². The summed E-state index contributed by atoms with van der Waals surface area (Å²) in [5.74, 6) is -9.19. The number of benzene rings is 1. The van der Waals surface area contributed by atoms with Gasteiger partial charge in [0.25, 0.3) is 0 Å². The first-order valence-corrected chi connectivity index (χ1v) is 27.8. The van der Waals surface area contributed by atoms with E-state index in [1.165, 1.54) is 18.6 Å². The van der Waals surface area contributed by atoms with Crippen molar-refractivity contribution in [2.45, 2.75) is 196 Å². The van der Waals surface area contributed by atoms with Crippen LogP contribution in [0, 0.1) is 17.8 Å². The molecule has 0 saturated carbocycles. The molecule has 4 rings (SSSR count). The van der Waals surface area contributed by atoms with Gasteiger partial charge in [-0.2, -0.15) is 0 Å². The maximum Gasteiger partial charge on any atom is 0.248 e. The second kappa shape index (κ2) is 32.1. The van der Waals surface area contributed by atoms with E-state index in [1.54, 1.807) is 0 Å². The highest BCUT2D eigenvalue weighted by Gasteiger charge is 2.48. The van der Waals surface area contributed by atoms with Gasteiger partial charge in [0.05, 0.1) is 36.4 Å². The fraction of sp³-hybridized carbons (Fsp3) is 0.736. The van der Waals surface area contributed by atoms with Crippen LogP contribution in [0.1, 0.15) is 123 Å². The highest BCUT2D eigenvalue weighted by Crippen LogP contribution is 2.26. The number of rotatable bonds is 23. The van der Waals surface area contributed by atoms with E-state index in [1.807, 2.05) is 0 Å². The van der Waals surface area contributed by atoms with Gasteiger partial charge in [0.15, 0.2) is 6.23 Å². The van der Waals surface area contributed by atoms with Crippen molar-refractivity contribution in [1.82, 2.24) is 41.7 Å². The number of aromatic hydroxyl groups is 1. The van der Waals surface area contributed by atoms with Gasteiger partial charge < -0.3 is 99.1 Å². The molecule has 0 radical (unpaired) electrons. The number of unbranched alkanes of at least 4 members (excludes halogenated alkanes) is 5. The molecule has 2 bridgehead atoms. The number of nitrogens with one attached hydrogen (secondary N) is 6. The fourth-order valence-electron chi connectivity index (χ4n) is 10.1. The third kappa shape index (κ3) is 19.5. The molecule has 27 nitrogen and oxygen atoms in total. The summed E-state index contributed by atoms with van der Waals surface area (Å²) in [5, 5.41) is 114. The molecule has 1 aromatic rings. The van der Waals surface area contributed by atoms with Crippen molar-refractivity contribution in [1.29, 1.82) is 0 Å². The highest BCUT2D eigenvalue weighted by atomic mass is 16.3. The van der Waals surface area contributed by atoms with Crippen molar-refractivity contribution in [2.75, 3.05) is 32.7 Å². The second-order valence-corrected chi connectivity index (χ2v) is 21.9. The maximum absolute atomic E-state index is 14.6. The Morgan fingerprint density at radius 1 is 0.713 bits per heavy atom. The molecule has 3 aliphatic rings. The maximum atomic E-state index is 14.6. The Morgan fingerprint density at radius 2 is 1.34 bits per heavy atom. The zero-order chi connectivity index (χ0) is 59.5. The molecule has 3 aliphatic heterocycles. The van der Waals surface area contributed by atoms with Crippen molar-refractivity contribution >= 4 is 47.3 Å². The lowest BCUT2D eigenvalue weighted by Gasteiger charge is -2.34. The second-order valence-electron chi connectivity index (χ2n) is 21.9. The van der Waals surface area contributed by atoms with Gasteiger partial charge in [-0.15, -0.1) is 0 Å². The minimum absolute atomic E-state index is 0.0707.